The van der Waals surface area contributed by atoms with Crippen molar-refractivity contribution >= 4 is 23.6 Å². The lowest BCUT2D eigenvalue weighted by Gasteiger charge is -2.00. The summed E-state index contributed by atoms with van der Waals surface area (Å²) in [6, 6.07) is 12.4. The van der Waals surface area contributed by atoms with E-state index in [9.17, 15) is 9.59 Å². The highest BCUT2D eigenvalue weighted by Crippen LogP contribution is 2.14. The average molecular weight is 365 g/mol. The Hall–Kier alpha value is -3.61. The Morgan fingerprint density at radius 2 is 2.11 bits per heavy atom. The standard InChI is InChI=1S/C20H19N3O4/c1-14(24)18-8-7-17(27-18)13-23-11-10-19(22-23)21-20(25)9-6-15-4-3-5-16(12-15)26-2/h3-12H,13H2,1-2H3,(H,21,22,25)/b9-6-. The summed E-state index contributed by atoms with van der Waals surface area (Å²) in [7, 11) is 1.59. The third-order valence-electron chi connectivity index (χ3n) is 3.74. The largest absolute Gasteiger partial charge is 0.497 e. The van der Waals surface area contributed by atoms with E-state index in [0.29, 0.717) is 23.9 Å². The number of nitrogens with one attached hydrogen (secondary N) is 1. The summed E-state index contributed by atoms with van der Waals surface area (Å²) < 4.78 is 12.2. The first-order valence-corrected chi connectivity index (χ1v) is 8.30. The fourth-order valence-electron chi connectivity index (χ4n) is 2.41. The van der Waals surface area contributed by atoms with E-state index in [-0.39, 0.29) is 11.7 Å². The third-order valence-corrected chi connectivity index (χ3v) is 3.74. The smallest absolute Gasteiger partial charge is 0.249 e. The first-order chi connectivity index (χ1) is 13.0. The highest BCUT2D eigenvalue weighted by atomic mass is 16.5. The number of rotatable bonds is 7. The highest BCUT2D eigenvalue weighted by molar-refractivity contribution is 6.01. The molecule has 7 heteroatoms. The number of carbonyl (C=O) groups excluding carboxylic acids is 2. The van der Waals surface area contributed by atoms with Crippen LogP contribution in [-0.2, 0) is 11.3 Å². The van der Waals surface area contributed by atoms with E-state index in [1.165, 1.54) is 13.0 Å². The van der Waals surface area contributed by atoms with Crippen LogP contribution in [0.4, 0.5) is 5.82 Å². The van der Waals surface area contributed by atoms with Gasteiger partial charge in [-0.25, -0.2) is 0 Å². The monoisotopic (exact) mass is 365 g/mol. The first-order valence-electron chi connectivity index (χ1n) is 8.30. The van der Waals surface area contributed by atoms with Gasteiger partial charge in [-0.15, -0.1) is 0 Å². The van der Waals surface area contributed by atoms with Crippen LogP contribution in [0.15, 0.2) is 59.2 Å². The molecule has 1 amide bonds. The number of furan rings is 1. The minimum absolute atomic E-state index is 0.127. The summed E-state index contributed by atoms with van der Waals surface area (Å²) in [5, 5.41) is 6.96. The Morgan fingerprint density at radius 3 is 2.85 bits per heavy atom. The molecule has 0 fully saturated rings. The normalized spacial score (nSPS) is 10.9. The maximum absolute atomic E-state index is 12.1. The van der Waals surface area contributed by atoms with Crippen molar-refractivity contribution in [2.24, 2.45) is 0 Å². The Morgan fingerprint density at radius 1 is 1.26 bits per heavy atom. The predicted molar refractivity (Wildman–Crippen MR) is 101 cm³/mol. The summed E-state index contributed by atoms with van der Waals surface area (Å²) in [6.45, 7) is 1.81. The summed E-state index contributed by atoms with van der Waals surface area (Å²) in [5.74, 6) is 1.65. The zero-order chi connectivity index (χ0) is 19.2. The van der Waals surface area contributed by atoms with Gasteiger partial charge >= 0.3 is 0 Å². The predicted octanol–water partition coefficient (Wildman–Crippen LogP) is 3.39. The summed E-state index contributed by atoms with van der Waals surface area (Å²) in [4.78, 5) is 23.3. The van der Waals surface area contributed by atoms with E-state index in [0.717, 1.165) is 11.3 Å². The van der Waals surface area contributed by atoms with E-state index in [1.807, 2.05) is 24.3 Å². The molecule has 0 radical (unpaired) electrons. The second-order valence-corrected chi connectivity index (χ2v) is 5.82. The SMILES string of the molecule is COc1cccc(/C=C\C(=O)Nc2ccn(Cc3ccc(C(C)=O)o3)n2)c1. The molecule has 3 rings (SSSR count). The minimum Gasteiger partial charge on any atom is -0.497 e. The van der Waals surface area contributed by atoms with Crippen LogP contribution in [0.3, 0.4) is 0 Å². The van der Waals surface area contributed by atoms with Gasteiger partial charge in [-0.1, -0.05) is 12.1 Å². The number of Topliss-reactive ketones (excluding diaryl/α,β-unsaturated/α-hetero) is 1. The minimum atomic E-state index is -0.292. The number of carbonyl (C=O) groups is 2. The van der Waals surface area contributed by atoms with Gasteiger partial charge in [0.25, 0.3) is 0 Å². The number of nitrogens with zero attached hydrogens (tertiary/aromatic N) is 2. The fourth-order valence-corrected chi connectivity index (χ4v) is 2.41. The molecule has 7 nitrogen and oxygen atoms in total. The Labute approximate surface area is 156 Å². The molecule has 0 aliphatic rings. The molecule has 138 valence electrons. The van der Waals surface area contributed by atoms with Gasteiger partial charge in [0.15, 0.2) is 17.4 Å². The van der Waals surface area contributed by atoms with Crippen LogP contribution in [0.5, 0.6) is 5.75 Å². The van der Waals surface area contributed by atoms with E-state index in [2.05, 4.69) is 10.4 Å². The lowest BCUT2D eigenvalue weighted by Crippen LogP contribution is -2.09. The van der Waals surface area contributed by atoms with Crippen molar-refractivity contribution in [1.29, 1.82) is 0 Å². The Bertz CT molecular complexity index is 985. The molecule has 1 N–H and O–H groups in total. The number of aromatic nitrogens is 2. The molecule has 1 aromatic carbocycles. The van der Waals surface area contributed by atoms with E-state index in [4.69, 9.17) is 9.15 Å². The summed E-state index contributed by atoms with van der Waals surface area (Å²) in [6.07, 6.45) is 4.85. The molecule has 0 saturated heterocycles. The lowest BCUT2D eigenvalue weighted by atomic mass is 10.2. The molecule has 2 aromatic heterocycles. The summed E-state index contributed by atoms with van der Waals surface area (Å²) >= 11 is 0. The molecule has 0 aliphatic heterocycles. The van der Waals surface area contributed by atoms with Gasteiger partial charge < -0.3 is 14.5 Å². The van der Waals surface area contributed by atoms with Crippen LogP contribution in [0.25, 0.3) is 6.08 Å². The molecule has 0 unspecified atom stereocenters. The maximum Gasteiger partial charge on any atom is 0.249 e. The number of hydrogen-bond donors (Lipinski definition) is 1. The van der Waals surface area contributed by atoms with Crippen LogP contribution in [0.1, 0.15) is 28.8 Å². The number of hydrogen-bond acceptors (Lipinski definition) is 5. The topological polar surface area (TPSA) is 86.4 Å². The van der Waals surface area contributed by atoms with Crippen molar-refractivity contribution in [2.45, 2.75) is 13.5 Å². The highest BCUT2D eigenvalue weighted by Gasteiger charge is 2.08. The van der Waals surface area contributed by atoms with Crippen molar-refractivity contribution in [3.8, 4) is 5.75 Å². The van der Waals surface area contributed by atoms with Gasteiger partial charge in [0.2, 0.25) is 5.91 Å². The number of ether oxygens (including phenoxy) is 1. The summed E-state index contributed by atoms with van der Waals surface area (Å²) in [5.41, 5.74) is 0.856. The van der Waals surface area contributed by atoms with E-state index >= 15 is 0 Å². The average Bonchev–Trinajstić information content (AvgIpc) is 3.30. The first kappa shape index (κ1) is 18.2. The molecule has 3 aromatic rings. The number of amides is 1. The Balaban J connectivity index is 1.58. The lowest BCUT2D eigenvalue weighted by molar-refractivity contribution is -0.111. The molecule has 27 heavy (non-hydrogen) atoms. The molecular weight excluding hydrogens is 346 g/mol. The quantitative estimate of drug-likeness (QED) is 0.512. The van der Waals surface area contributed by atoms with E-state index in [1.54, 1.807) is 42.3 Å². The second-order valence-electron chi connectivity index (χ2n) is 5.82. The van der Waals surface area contributed by atoms with Gasteiger partial charge in [0, 0.05) is 25.3 Å². The fraction of sp³-hybridized carbons (Fsp3) is 0.150. The Kier molecular flexibility index (Phi) is 5.51. The molecule has 0 bridgehead atoms. The zero-order valence-corrected chi connectivity index (χ0v) is 15.0. The van der Waals surface area contributed by atoms with Gasteiger partial charge in [0.05, 0.1) is 13.7 Å². The van der Waals surface area contributed by atoms with Crippen molar-refractivity contribution in [1.82, 2.24) is 9.78 Å². The van der Waals surface area contributed by atoms with Crippen molar-refractivity contribution in [3.63, 3.8) is 0 Å². The molecule has 2 heterocycles. The molecule has 0 saturated carbocycles. The van der Waals surface area contributed by atoms with Crippen LogP contribution >= 0.6 is 0 Å². The third kappa shape index (κ3) is 4.94. The van der Waals surface area contributed by atoms with Gasteiger partial charge in [-0.2, -0.15) is 5.10 Å². The van der Waals surface area contributed by atoms with E-state index < -0.39 is 0 Å². The van der Waals surface area contributed by atoms with Crippen LogP contribution in [0.2, 0.25) is 0 Å². The van der Waals surface area contributed by atoms with Crippen LogP contribution in [-0.4, -0.2) is 28.6 Å². The van der Waals surface area contributed by atoms with Gasteiger partial charge in [0.1, 0.15) is 11.5 Å². The molecule has 0 spiro atoms. The maximum atomic E-state index is 12.1. The number of anilines is 1. The van der Waals surface area contributed by atoms with Crippen molar-refractivity contribution in [3.05, 3.63) is 71.8 Å². The van der Waals surface area contributed by atoms with Crippen LogP contribution in [0, 0.1) is 0 Å². The number of ketones is 1. The molecule has 0 atom stereocenters. The molecule has 0 aliphatic carbocycles. The van der Waals surface area contributed by atoms with Crippen LogP contribution < -0.4 is 10.1 Å². The molecular formula is C20H19N3O4. The second kappa shape index (κ2) is 8.18. The van der Waals surface area contributed by atoms with Crippen molar-refractivity contribution < 1.29 is 18.7 Å². The zero-order valence-electron chi connectivity index (χ0n) is 15.0. The van der Waals surface area contributed by atoms with Crippen molar-refractivity contribution in [2.75, 3.05) is 12.4 Å². The number of methoxy groups -OCH3 is 1. The van der Waals surface area contributed by atoms with Gasteiger partial charge in [-0.05, 0) is 35.9 Å². The van der Waals surface area contributed by atoms with Gasteiger partial charge in [-0.3, -0.25) is 14.3 Å². The number of benzene rings is 1.